The van der Waals surface area contributed by atoms with Crippen LogP contribution in [0.5, 0.6) is 0 Å². The van der Waals surface area contributed by atoms with Gasteiger partial charge in [0, 0.05) is 9.86 Å². The van der Waals surface area contributed by atoms with Crippen molar-refractivity contribution < 1.29 is 21.8 Å². The summed E-state index contributed by atoms with van der Waals surface area (Å²) in [5, 5.41) is 0.745. The highest BCUT2D eigenvalue weighted by molar-refractivity contribution is 9.10. The number of aryl methyl sites for hydroxylation is 1. The Labute approximate surface area is 147 Å². The van der Waals surface area contributed by atoms with Gasteiger partial charge in [0.2, 0.25) is 5.78 Å². The first-order chi connectivity index (χ1) is 11.3. The summed E-state index contributed by atoms with van der Waals surface area (Å²) in [6.07, 6.45) is 0. The number of furan rings is 1. The van der Waals surface area contributed by atoms with Crippen molar-refractivity contribution in [1.29, 1.82) is 0 Å². The Morgan fingerprint density at radius 3 is 2.54 bits per heavy atom. The van der Waals surface area contributed by atoms with E-state index < -0.39 is 22.5 Å². The average molecular weight is 409 g/mol. The Morgan fingerprint density at radius 1 is 1.12 bits per heavy atom. The van der Waals surface area contributed by atoms with Crippen molar-refractivity contribution in [2.45, 2.75) is 11.8 Å². The molecule has 0 fully saturated rings. The third kappa shape index (κ3) is 3.58. The standard InChI is InChI=1S/C17H13BrO5S/c1-11-2-5-14(6-3-11)24(20,21)22-10-15(19)17-9-12-8-13(18)4-7-16(12)23-17/h2-9H,10H2,1H3. The normalized spacial score (nSPS) is 11.8. The van der Waals surface area contributed by atoms with Crippen molar-refractivity contribution >= 4 is 42.8 Å². The molecule has 0 bridgehead atoms. The number of Topliss-reactive ketones (excluding diaryl/α,β-unsaturated/α-hetero) is 1. The molecule has 2 aromatic carbocycles. The lowest BCUT2D eigenvalue weighted by atomic mass is 10.2. The van der Waals surface area contributed by atoms with Gasteiger partial charge in [0.05, 0.1) is 4.90 Å². The molecule has 0 aliphatic rings. The van der Waals surface area contributed by atoms with E-state index >= 15 is 0 Å². The predicted octanol–water partition coefficient (Wildman–Crippen LogP) is 4.09. The number of halogens is 1. The molecule has 0 unspecified atom stereocenters. The molecular weight excluding hydrogens is 396 g/mol. The second-order valence-electron chi connectivity index (χ2n) is 5.25. The molecule has 0 saturated heterocycles. The highest BCUT2D eigenvalue weighted by Gasteiger charge is 2.20. The molecule has 5 nitrogen and oxygen atoms in total. The molecule has 24 heavy (non-hydrogen) atoms. The third-order valence-electron chi connectivity index (χ3n) is 3.41. The van der Waals surface area contributed by atoms with Crippen LogP contribution in [0.3, 0.4) is 0 Å². The van der Waals surface area contributed by atoms with Crippen LogP contribution in [0.1, 0.15) is 16.1 Å². The minimum Gasteiger partial charge on any atom is -0.453 e. The maximum absolute atomic E-state index is 12.1. The predicted molar refractivity (Wildman–Crippen MR) is 92.6 cm³/mol. The van der Waals surface area contributed by atoms with E-state index in [-0.39, 0.29) is 10.7 Å². The van der Waals surface area contributed by atoms with Gasteiger partial charge >= 0.3 is 0 Å². The van der Waals surface area contributed by atoms with E-state index in [0.717, 1.165) is 15.4 Å². The Kier molecular flexibility index (Phi) is 4.58. The van der Waals surface area contributed by atoms with E-state index in [1.54, 1.807) is 36.4 Å². The average Bonchev–Trinajstić information content (AvgIpc) is 2.96. The summed E-state index contributed by atoms with van der Waals surface area (Å²) in [6.45, 7) is 1.23. The van der Waals surface area contributed by atoms with Crippen LogP contribution >= 0.6 is 15.9 Å². The van der Waals surface area contributed by atoms with Crippen molar-refractivity contribution in [1.82, 2.24) is 0 Å². The summed E-state index contributed by atoms with van der Waals surface area (Å²) in [6, 6.07) is 13.1. The monoisotopic (exact) mass is 408 g/mol. The van der Waals surface area contributed by atoms with Crippen molar-refractivity contribution in [3.05, 3.63) is 64.3 Å². The molecule has 7 heteroatoms. The molecule has 3 aromatic rings. The molecular formula is C17H13BrO5S. The smallest absolute Gasteiger partial charge is 0.297 e. The minimum absolute atomic E-state index is 0.00874. The van der Waals surface area contributed by atoms with Crippen LogP contribution < -0.4 is 0 Å². The zero-order chi connectivity index (χ0) is 17.3. The molecule has 1 aromatic heterocycles. The topological polar surface area (TPSA) is 73.6 Å². The van der Waals surface area contributed by atoms with Crippen molar-refractivity contribution in [2.75, 3.05) is 6.61 Å². The van der Waals surface area contributed by atoms with Crippen LogP contribution in [0.4, 0.5) is 0 Å². The van der Waals surface area contributed by atoms with Crippen molar-refractivity contribution in [3.63, 3.8) is 0 Å². The summed E-state index contributed by atoms with van der Waals surface area (Å²) in [5.74, 6) is -0.486. The summed E-state index contributed by atoms with van der Waals surface area (Å²) in [4.78, 5) is 12.1. The number of benzene rings is 2. The first kappa shape index (κ1) is 16.9. The molecule has 0 amide bonds. The maximum atomic E-state index is 12.1. The van der Waals surface area contributed by atoms with Crippen LogP contribution in [-0.2, 0) is 14.3 Å². The lowest BCUT2D eigenvalue weighted by Gasteiger charge is -2.04. The Balaban J connectivity index is 1.75. The van der Waals surface area contributed by atoms with Crippen LogP contribution in [0.15, 0.2) is 62.3 Å². The largest absolute Gasteiger partial charge is 0.453 e. The third-order valence-corrected chi connectivity index (χ3v) is 5.18. The molecule has 0 aliphatic heterocycles. The van der Waals surface area contributed by atoms with Gasteiger partial charge in [-0.15, -0.1) is 0 Å². The van der Waals surface area contributed by atoms with Crippen LogP contribution in [0.25, 0.3) is 11.0 Å². The van der Waals surface area contributed by atoms with Gasteiger partial charge in [0.15, 0.2) is 5.76 Å². The second kappa shape index (κ2) is 6.51. The molecule has 0 atom stereocenters. The van der Waals surface area contributed by atoms with Crippen molar-refractivity contribution in [2.24, 2.45) is 0 Å². The highest BCUT2D eigenvalue weighted by Crippen LogP contribution is 2.24. The number of rotatable bonds is 5. The zero-order valence-corrected chi connectivity index (χ0v) is 15.1. The first-order valence-electron chi connectivity index (χ1n) is 7.03. The SMILES string of the molecule is Cc1ccc(S(=O)(=O)OCC(=O)c2cc3cc(Br)ccc3o2)cc1. The van der Waals surface area contributed by atoms with Gasteiger partial charge in [0.1, 0.15) is 12.2 Å². The summed E-state index contributed by atoms with van der Waals surface area (Å²) in [5.41, 5.74) is 1.47. The fourth-order valence-corrected chi connectivity index (χ4v) is 3.37. The second-order valence-corrected chi connectivity index (χ2v) is 7.78. The van der Waals surface area contributed by atoms with E-state index in [2.05, 4.69) is 15.9 Å². The number of ketones is 1. The number of carbonyl (C=O) groups excluding carboxylic acids is 1. The van der Waals surface area contributed by atoms with Crippen LogP contribution in [-0.4, -0.2) is 20.8 Å². The fraction of sp³-hybridized carbons (Fsp3) is 0.118. The van der Waals surface area contributed by atoms with E-state index in [1.165, 1.54) is 12.1 Å². The molecule has 0 aliphatic carbocycles. The molecule has 124 valence electrons. The number of hydrogen-bond acceptors (Lipinski definition) is 5. The van der Waals surface area contributed by atoms with Gasteiger partial charge in [-0.25, -0.2) is 0 Å². The number of fused-ring (bicyclic) bond motifs is 1. The van der Waals surface area contributed by atoms with Crippen molar-refractivity contribution in [3.8, 4) is 0 Å². The van der Waals surface area contributed by atoms with Gasteiger partial charge in [-0.1, -0.05) is 33.6 Å². The molecule has 1 heterocycles. The van der Waals surface area contributed by atoms with E-state index in [9.17, 15) is 13.2 Å². The van der Waals surface area contributed by atoms with Gasteiger partial charge in [0.25, 0.3) is 10.1 Å². The minimum atomic E-state index is -3.99. The maximum Gasteiger partial charge on any atom is 0.297 e. The molecule has 0 N–H and O–H groups in total. The van der Waals surface area contributed by atoms with Crippen LogP contribution in [0, 0.1) is 6.92 Å². The Bertz CT molecular complexity index is 1000. The van der Waals surface area contributed by atoms with E-state index in [1.807, 2.05) is 6.92 Å². The number of hydrogen-bond donors (Lipinski definition) is 0. The summed E-state index contributed by atoms with van der Waals surface area (Å²) < 4.78 is 35.3. The Morgan fingerprint density at radius 2 is 1.83 bits per heavy atom. The van der Waals surface area contributed by atoms with Gasteiger partial charge in [-0.3, -0.25) is 8.98 Å². The van der Waals surface area contributed by atoms with E-state index in [0.29, 0.717) is 5.58 Å². The van der Waals surface area contributed by atoms with Gasteiger partial charge < -0.3 is 4.42 Å². The van der Waals surface area contributed by atoms with Gasteiger partial charge in [-0.05, 0) is 43.3 Å². The number of carbonyl (C=O) groups is 1. The Hall–Kier alpha value is -1.96. The molecule has 0 saturated carbocycles. The van der Waals surface area contributed by atoms with Gasteiger partial charge in [-0.2, -0.15) is 8.42 Å². The first-order valence-corrected chi connectivity index (χ1v) is 9.24. The summed E-state index contributed by atoms with van der Waals surface area (Å²) in [7, 11) is -3.99. The van der Waals surface area contributed by atoms with Crippen LogP contribution in [0.2, 0.25) is 0 Å². The molecule has 3 rings (SSSR count). The lowest BCUT2D eigenvalue weighted by Crippen LogP contribution is -2.14. The lowest BCUT2D eigenvalue weighted by molar-refractivity contribution is 0.0899. The summed E-state index contributed by atoms with van der Waals surface area (Å²) >= 11 is 3.34. The molecule has 0 spiro atoms. The quantitative estimate of drug-likeness (QED) is 0.469. The molecule has 0 radical (unpaired) electrons. The van der Waals surface area contributed by atoms with E-state index in [4.69, 9.17) is 8.60 Å². The highest BCUT2D eigenvalue weighted by atomic mass is 79.9. The zero-order valence-electron chi connectivity index (χ0n) is 12.7. The fourth-order valence-electron chi connectivity index (χ4n) is 2.13.